The highest BCUT2D eigenvalue weighted by atomic mass is 15.0. The van der Waals surface area contributed by atoms with Crippen LogP contribution in [-0.2, 0) is 26.3 Å². The molecular formula is C18H21N3. The number of para-hydroxylation sites is 1. The Morgan fingerprint density at radius 2 is 2.19 bits per heavy atom. The van der Waals surface area contributed by atoms with Gasteiger partial charge in [0.05, 0.1) is 12.0 Å². The summed E-state index contributed by atoms with van der Waals surface area (Å²) in [6, 6.07) is 8.80. The van der Waals surface area contributed by atoms with Gasteiger partial charge < -0.3 is 9.55 Å². The van der Waals surface area contributed by atoms with E-state index in [0.717, 1.165) is 6.42 Å². The summed E-state index contributed by atoms with van der Waals surface area (Å²) >= 11 is 0. The summed E-state index contributed by atoms with van der Waals surface area (Å²) in [5, 5.41) is 1.44. The maximum atomic E-state index is 4.47. The number of hydrogen-bond donors (Lipinski definition) is 1. The van der Waals surface area contributed by atoms with Crippen LogP contribution >= 0.6 is 0 Å². The molecule has 1 unspecified atom stereocenters. The topological polar surface area (TPSA) is 33.6 Å². The number of nitrogens with one attached hydrogen (secondary N) is 1. The molecule has 0 saturated carbocycles. The first kappa shape index (κ1) is 12.7. The van der Waals surface area contributed by atoms with Crippen LogP contribution in [-0.4, -0.2) is 14.5 Å². The molecule has 1 atom stereocenters. The molecule has 0 bridgehead atoms. The SMILES string of the molecule is Cc1[nH]cnc1CC1CCc2c(c3ccccc3n2C)C1. The highest BCUT2D eigenvalue weighted by molar-refractivity contribution is 5.85. The summed E-state index contributed by atoms with van der Waals surface area (Å²) in [5.41, 5.74) is 6.94. The maximum absolute atomic E-state index is 4.47. The molecule has 0 radical (unpaired) electrons. The van der Waals surface area contributed by atoms with Gasteiger partial charge in [-0.2, -0.15) is 0 Å². The molecule has 3 nitrogen and oxygen atoms in total. The van der Waals surface area contributed by atoms with Gasteiger partial charge in [-0.3, -0.25) is 0 Å². The van der Waals surface area contributed by atoms with E-state index in [2.05, 4.69) is 52.8 Å². The Kier molecular flexibility index (Phi) is 2.88. The van der Waals surface area contributed by atoms with E-state index in [1.54, 1.807) is 5.56 Å². The van der Waals surface area contributed by atoms with Gasteiger partial charge >= 0.3 is 0 Å². The van der Waals surface area contributed by atoms with Gasteiger partial charge in [0.2, 0.25) is 0 Å². The first-order valence-corrected chi connectivity index (χ1v) is 7.78. The van der Waals surface area contributed by atoms with E-state index >= 15 is 0 Å². The van der Waals surface area contributed by atoms with Crippen molar-refractivity contribution in [3.05, 3.63) is 53.2 Å². The lowest BCUT2D eigenvalue weighted by Gasteiger charge is -2.23. The van der Waals surface area contributed by atoms with Gasteiger partial charge in [0, 0.05) is 29.3 Å². The van der Waals surface area contributed by atoms with Crippen molar-refractivity contribution in [2.24, 2.45) is 13.0 Å². The molecule has 0 fully saturated rings. The van der Waals surface area contributed by atoms with E-state index in [-0.39, 0.29) is 0 Å². The van der Waals surface area contributed by atoms with Crippen LogP contribution in [0, 0.1) is 12.8 Å². The largest absolute Gasteiger partial charge is 0.348 e. The van der Waals surface area contributed by atoms with Gasteiger partial charge in [-0.25, -0.2) is 4.98 Å². The second-order valence-electron chi connectivity index (χ2n) is 6.29. The molecule has 21 heavy (non-hydrogen) atoms. The summed E-state index contributed by atoms with van der Waals surface area (Å²) in [7, 11) is 2.21. The number of imidazole rings is 1. The third kappa shape index (κ3) is 1.99. The van der Waals surface area contributed by atoms with E-state index in [9.17, 15) is 0 Å². The number of hydrogen-bond acceptors (Lipinski definition) is 1. The average molecular weight is 279 g/mol. The Labute approximate surface area is 125 Å². The van der Waals surface area contributed by atoms with Gasteiger partial charge in [0.25, 0.3) is 0 Å². The number of rotatable bonds is 2. The fourth-order valence-corrected chi connectivity index (χ4v) is 3.84. The second kappa shape index (κ2) is 4.76. The Hall–Kier alpha value is -2.03. The first-order valence-electron chi connectivity index (χ1n) is 7.78. The lowest BCUT2D eigenvalue weighted by atomic mass is 9.83. The van der Waals surface area contributed by atoms with Crippen molar-refractivity contribution >= 4 is 10.9 Å². The average Bonchev–Trinajstić information content (AvgIpc) is 3.03. The fraction of sp³-hybridized carbons (Fsp3) is 0.389. The molecule has 3 aromatic rings. The van der Waals surface area contributed by atoms with E-state index < -0.39 is 0 Å². The van der Waals surface area contributed by atoms with Gasteiger partial charge in [-0.05, 0) is 50.2 Å². The van der Waals surface area contributed by atoms with Gasteiger partial charge in [0.1, 0.15) is 0 Å². The Morgan fingerprint density at radius 3 is 3.00 bits per heavy atom. The smallest absolute Gasteiger partial charge is 0.0925 e. The highest BCUT2D eigenvalue weighted by Crippen LogP contribution is 2.34. The highest BCUT2D eigenvalue weighted by Gasteiger charge is 2.25. The van der Waals surface area contributed by atoms with Crippen molar-refractivity contribution < 1.29 is 0 Å². The van der Waals surface area contributed by atoms with Crippen LogP contribution < -0.4 is 0 Å². The van der Waals surface area contributed by atoms with Crippen molar-refractivity contribution in [2.45, 2.75) is 32.6 Å². The predicted molar refractivity (Wildman–Crippen MR) is 85.5 cm³/mol. The monoisotopic (exact) mass is 279 g/mol. The van der Waals surface area contributed by atoms with Crippen LogP contribution in [0.25, 0.3) is 10.9 Å². The fourth-order valence-electron chi connectivity index (χ4n) is 3.84. The number of aromatic nitrogens is 3. The van der Waals surface area contributed by atoms with E-state index in [1.165, 1.54) is 47.2 Å². The number of nitrogens with zero attached hydrogens (tertiary/aromatic N) is 2. The minimum Gasteiger partial charge on any atom is -0.348 e. The van der Waals surface area contributed by atoms with Crippen molar-refractivity contribution in [1.82, 2.24) is 14.5 Å². The normalized spacial score (nSPS) is 18.1. The molecule has 0 amide bonds. The number of fused-ring (bicyclic) bond motifs is 3. The number of aromatic amines is 1. The number of benzene rings is 1. The van der Waals surface area contributed by atoms with Crippen LogP contribution in [0.1, 0.15) is 29.1 Å². The Balaban J connectivity index is 1.68. The molecular weight excluding hydrogens is 258 g/mol. The van der Waals surface area contributed by atoms with Crippen molar-refractivity contribution in [2.75, 3.05) is 0 Å². The van der Waals surface area contributed by atoms with Crippen LogP contribution in [0.2, 0.25) is 0 Å². The lowest BCUT2D eigenvalue weighted by molar-refractivity contribution is 0.445. The minimum atomic E-state index is 0.713. The molecule has 1 aliphatic rings. The van der Waals surface area contributed by atoms with Crippen LogP contribution in [0.3, 0.4) is 0 Å². The number of H-pyrrole nitrogens is 1. The summed E-state index contributed by atoms with van der Waals surface area (Å²) in [5.74, 6) is 0.713. The zero-order valence-corrected chi connectivity index (χ0v) is 12.7. The zero-order chi connectivity index (χ0) is 14.4. The number of aryl methyl sites for hydroxylation is 2. The Morgan fingerprint density at radius 1 is 1.33 bits per heavy atom. The second-order valence-corrected chi connectivity index (χ2v) is 6.29. The molecule has 2 heterocycles. The standard InChI is InChI=1S/C18H21N3/c1-12-16(20-11-19-12)10-13-7-8-18-15(9-13)14-5-3-4-6-17(14)21(18)2/h3-6,11,13H,7-10H2,1-2H3,(H,19,20). The van der Waals surface area contributed by atoms with Crippen LogP contribution in [0.15, 0.2) is 30.6 Å². The van der Waals surface area contributed by atoms with Gasteiger partial charge in [-0.1, -0.05) is 18.2 Å². The van der Waals surface area contributed by atoms with Crippen LogP contribution in [0.5, 0.6) is 0 Å². The van der Waals surface area contributed by atoms with Crippen molar-refractivity contribution in [1.29, 1.82) is 0 Å². The van der Waals surface area contributed by atoms with Gasteiger partial charge in [-0.15, -0.1) is 0 Å². The summed E-state index contributed by atoms with van der Waals surface area (Å²) in [6.07, 6.45) is 6.55. The zero-order valence-electron chi connectivity index (χ0n) is 12.7. The third-order valence-corrected chi connectivity index (χ3v) is 5.04. The van der Waals surface area contributed by atoms with Gasteiger partial charge in [0.15, 0.2) is 0 Å². The molecule has 2 aromatic heterocycles. The maximum Gasteiger partial charge on any atom is 0.0925 e. The Bertz CT molecular complexity index is 794. The van der Waals surface area contributed by atoms with Crippen molar-refractivity contribution in [3.8, 4) is 0 Å². The molecule has 1 N–H and O–H groups in total. The lowest BCUT2D eigenvalue weighted by Crippen LogP contribution is -2.17. The summed E-state index contributed by atoms with van der Waals surface area (Å²) < 4.78 is 2.39. The van der Waals surface area contributed by atoms with E-state index in [1.807, 2.05) is 6.33 Å². The molecule has 1 aliphatic carbocycles. The molecule has 4 rings (SSSR count). The van der Waals surface area contributed by atoms with E-state index in [0.29, 0.717) is 5.92 Å². The third-order valence-electron chi connectivity index (χ3n) is 5.04. The minimum absolute atomic E-state index is 0.713. The molecule has 0 spiro atoms. The molecule has 0 saturated heterocycles. The first-order chi connectivity index (χ1) is 10.2. The predicted octanol–water partition coefficient (Wildman–Crippen LogP) is 3.56. The van der Waals surface area contributed by atoms with E-state index in [4.69, 9.17) is 0 Å². The van der Waals surface area contributed by atoms with Crippen LogP contribution in [0.4, 0.5) is 0 Å². The quantitative estimate of drug-likeness (QED) is 0.764. The molecule has 1 aromatic carbocycles. The summed E-state index contributed by atoms with van der Waals surface area (Å²) in [6.45, 7) is 2.12. The summed E-state index contributed by atoms with van der Waals surface area (Å²) in [4.78, 5) is 7.67. The molecule has 0 aliphatic heterocycles. The molecule has 3 heteroatoms. The van der Waals surface area contributed by atoms with Crippen molar-refractivity contribution in [3.63, 3.8) is 0 Å². The molecule has 108 valence electrons.